The van der Waals surface area contributed by atoms with Crippen molar-refractivity contribution in [3.8, 4) is 5.88 Å². The van der Waals surface area contributed by atoms with Gasteiger partial charge in [-0.1, -0.05) is 29.8 Å². The lowest BCUT2D eigenvalue weighted by molar-refractivity contribution is 0.0726. The number of aromatic hydroxyl groups is 1. The summed E-state index contributed by atoms with van der Waals surface area (Å²) in [6.45, 7) is 0.582. The number of likely N-dealkylation sites (tertiary alicyclic amines) is 1. The van der Waals surface area contributed by atoms with Crippen molar-refractivity contribution < 1.29 is 18.3 Å². The van der Waals surface area contributed by atoms with Gasteiger partial charge < -0.3 is 10.0 Å². The van der Waals surface area contributed by atoms with Crippen molar-refractivity contribution in [1.82, 2.24) is 14.9 Å². The van der Waals surface area contributed by atoms with Crippen LogP contribution in [0.1, 0.15) is 34.5 Å². The standard InChI is InChI=1S/C21H20ClN3O4S/c22-15-4-1-3-13(9-15)10-16-5-2-8-25(16)21(27)19-20(26)24-18-11-14(12-30(28)29)6-7-17(18)23-19/h1,3-4,6-7,9,11,16,30H,2,5,8,10,12H2,(H,24,26). The molecule has 1 aromatic heterocycles. The topological polar surface area (TPSA) is 100 Å². The van der Waals surface area contributed by atoms with Gasteiger partial charge in [0.05, 0.1) is 16.8 Å². The molecule has 0 bridgehead atoms. The molecule has 1 aliphatic heterocycles. The Morgan fingerprint density at radius 3 is 2.73 bits per heavy atom. The molecule has 0 spiro atoms. The number of hydrogen-bond acceptors (Lipinski definition) is 6. The number of hydrogen-bond donors (Lipinski definition) is 2. The number of fused-ring (bicyclic) bond motifs is 1. The second-order valence-electron chi connectivity index (χ2n) is 7.34. The first-order valence-electron chi connectivity index (χ1n) is 9.57. The van der Waals surface area contributed by atoms with Crippen molar-refractivity contribution >= 4 is 39.2 Å². The van der Waals surface area contributed by atoms with Gasteiger partial charge in [0.25, 0.3) is 5.91 Å². The molecule has 0 saturated carbocycles. The van der Waals surface area contributed by atoms with E-state index in [-0.39, 0.29) is 23.4 Å². The molecule has 30 heavy (non-hydrogen) atoms. The highest BCUT2D eigenvalue weighted by molar-refractivity contribution is 7.71. The third-order valence-electron chi connectivity index (χ3n) is 5.22. The highest BCUT2D eigenvalue weighted by atomic mass is 35.5. The fraction of sp³-hybridized carbons (Fsp3) is 0.286. The van der Waals surface area contributed by atoms with Crippen molar-refractivity contribution in [2.45, 2.75) is 31.1 Å². The van der Waals surface area contributed by atoms with E-state index in [4.69, 9.17) is 11.6 Å². The van der Waals surface area contributed by atoms with Crippen LogP contribution in [0.4, 0.5) is 0 Å². The van der Waals surface area contributed by atoms with Gasteiger partial charge in [-0.3, -0.25) is 4.79 Å². The van der Waals surface area contributed by atoms with Gasteiger partial charge in [-0.05, 0) is 54.7 Å². The number of carbonyl (C=O) groups excluding carboxylic acids is 1. The molecular weight excluding hydrogens is 426 g/mol. The summed E-state index contributed by atoms with van der Waals surface area (Å²) >= 11 is 6.07. The summed E-state index contributed by atoms with van der Waals surface area (Å²) in [4.78, 5) is 23.3. The van der Waals surface area contributed by atoms with Crippen LogP contribution in [0.15, 0.2) is 42.5 Å². The number of rotatable bonds is 5. The van der Waals surface area contributed by atoms with Crippen LogP contribution < -0.4 is 0 Å². The molecule has 1 fully saturated rings. The van der Waals surface area contributed by atoms with E-state index < -0.39 is 16.6 Å². The minimum atomic E-state index is -2.57. The molecule has 0 aliphatic carbocycles. The van der Waals surface area contributed by atoms with Crippen LogP contribution in [0.5, 0.6) is 5.88 Å². The fourth-order valence-corrected chi connectivity index (χ4v) is 4.58. The number of aromatic nitrogens is 2. The first-order chi connectivity index (χ1) is 14.4. The average Bonchev–Trinajstić information content (AvgIpc) is 3.14. The third kappa shape index (κ3) is 4.39. The molecule has 156 valence electrons. The minimum absolute atomic E-state index is 0.0106. The van der Waals surface area contributed by atoms with E-state index in [1.54, 1.807) is 23.1 Å². The van der Waals surface area contributed by atoms with Crippen LogP contribution in [0.3, 0.4) is 0 Å². The van der Waals surface area contributed by atoms with Crippen molar-refractivity contribution in [2.75, 3.05) is 6.54 Å². The molecule has 1 atom stereocenters. The molecule has 1 aliphatic rings. The minimum Gasteiger partial charge on any atom is -0.492 e. The normalized spacial score (nSPS) is 16.5. The Kier molecular flexibility index (Phi) is 5.87. The second-order valence-corrected chi connectivity index (χ2v) is 8.76. The zero-order valence-electron chi connectivity index (χ0n) is 16.0. The van der Waals surface area contributed by atoms with E-state index in [1.807, 2.05) is 24.3 Å². The van der Waals surface area contributed by atoms with E-state index in [0.29, 0.717) is 34.6 Å². The van der Waals surface area contributed by atoms with E-state index in [2.05, 4.69) is 9.97 Å². The largest absolute Gasteiger partial charge is 0.492 e. The number of carbonyl (C=O) groups is 1. The van der Waals surface area contributed by atoms with Gasteiger partial charge in [0.2, 0.25) is 5.88 Å². The maximum atomic E-state index is 13.1. The molecule has 3 aromatic rings. The first kappa shape index (κ1) is 20.6. The van der Waals surface area contributed by atoms with Crippen molar-refractivity contribution in [2.24, 2.45) is 0 Å². The predicted molar refractivity (Wildman–Crippen MR) is 114 cm³/mol. The Bertz CT molecular complexity index is 1190. The predicted octanol–water partition coefficient (Wildman–Crippen LogP) is 2.95. The zero-order chi connectivity index (χ0) is 21.3. The summed E-state index contributed by atoms with van der Waals surface area (Å²) in [5.41, 5.74) is 2.27. The molecule has 1 unspecified atom stereocenters. The summed E-state index contributed by atoms with van der Waals surface area (Å²) < 4.78 is 21.9. The number of benzene rings is 2. The van der Waals surface area contributed by atoms with E-state index >= 15 is 0 Å². The monoisotopic (exact) mass is 445 g/mol. The molecule has 7 nitrogen and oxygen atoms in total. The van der Waals surface area contributed by atoms with Gasteiger partial charge >= 0.3 is 0 Å². The van der Waals surface area contributed by atoms with Gasteiger partial charge in [-0.25, -0.2) is 18.4 Å². The molecule has 1 amide bonds. The van der Waals surface area contributed by atoms with Crippen LogP contribution in [-0.2, 0) is 22.9 Å². The van der Waals surface area contributed by atoms with Crippen LogP contribution in [0.25, 0.3) is 11.0 Å². The molecule has 1 saturated heterocycles. The Morgan fingerprint density at radius 2 is 1.97 bits per heavy atom. The Morgan fingerprint density at radius 1 is 1.13 bits per heavy atom. The molecule has 4 rings (SSSR count). The molecule has 9 heteroatoms. The van der Waals surface area contributed by atoms with Crippen molar-refractivity contribution in [3.05, 3.63) is 64.3 Å². The quantitative estimate of drug-likeness (QED) is 0.585. The zero-order valence-corrected chi connectivity index (χ0v) is 17.6. The van der Waals surface area contributed by atoms with Gasteiger partial charge in [0.15, 0.2) is 5.69 Å². The summed E-state index contributed by atoms with van der Waals surface area (Å²) in [6.07, 6.45) is 2.40. The maximum absolute atomic E-state index is 13.1. The highest BCUT2D eigenvalue weighted by Gasteiger charge is 2.32. The summed E-state index contributed by atoms with van der Waals surface area (Å²) in [6, 6.07) is 12.4. The molecule has 2 heterocycles. The Hall–Kier alpha value is -2.71. The lowest BCUT2D eigenvalue weighted by atomic mass is 10.0. The highest BCUT2D eigenvalue weighted by Crippen LogP contribution is 2.27. The van der Waals surface area contributed by atoms with Gasteiger partial charge in [0, 0.05) is 17.6 Å². The lowest BCUT2D eigenvalue weighted by Crippen LogP contribution is -2.37. The average molecular weight is 446 g/mol. The number of nitrogens with zero attached hydrogens (tertiary/aromatic N) is 3. The maximum Gasteiger partial charge on any atom is 0.278 e. The fourth-order valence-electron chi connectivity index (χ4n) is 3.87. The van der Waals surface area contributed by atoms with Gasteiger partial charge in [-0.15, -0.1) is 0 Å². The summed E-state index contributed by atoms with van der Waals surface area (Å²) in [7, 11) is -2.57. The number of halogens is 1. The second kappa shape index (κ2) is 8.57. The molecule has 0 radical (unpaired) electrons. The van der Waals surface area contributed by atoms with Crippen LogP contribution >= 0.6 is 11.6 Å². The van der Waals surface area contributed by atoms with Crippen molar-refractivity contribution in [1.29, 1.82) is 0 Å². The van der Waals surface area contributed by atoms with Crippen LogP contribution in [0.2, 0.25) is 5.02 Å². The van der Waals surface area contributed by atoms with Crippen molar-refractivity contribution in [3.63, 3.8) is 0 Å². The number of thiol groups is 1. The SMILES string of the molecule is O=C(c1nc2ccc(C[SH](=O)=O)cc2nc1O)N1CCCC1Cc1cccc(Cl)c1. The molecular formula is C21H20ClN3O4S. The van der Waals surface area contributed by atoms with Crippen LogP contribution in [-0.4, -0.2) is 46.9 Å². The Labute approximate surface area is 180 Å². The number of amides is 1. The smallest absolute Gasteiger partial charge is 0.278 e. The Balaban J connectivity index is 1.60. The summed E-state index contributed by atoms with van der Waals surface area (Å²) in [5, 5.41) is 11.0. The van der Waals surface area contributed by atoms with E-state index in [0.717, 1.165) is 18.4 Å². The van der Waals surface area contributed by atoms with Gasteiger partial charge in [0.1, 0.15) is 10.7 Å². The van der Waals surface area contributed by atoms with E-state index in [9.17, 15) is 18.3 Å². The summed E-state index contributed by atoms with van der Waals surface area (Å²) in [5.74, 6) is -0.935. The lowest BCUT2D eigenvalue weighted by Gasteiger charge is -2.24. The molecule has 1 N–H and O–H groups in total. The first-order valence-corrected chi connectivity index (χ1v) is 11.3. The van der Waals surface area contributed by atoms with Gasteiger partial charge in [-0.2, -0.15) is 0 Å². The third-order valence-corrected chi connectivity index (χ3v) is 6.08. The molecule has 2 aromatic carbocycles. The van der Waals surface area contributed by atoms with Crippen LogP contribution in [0, 0.1) is 0 Å². The van der Waals surface area contributed by atoms with E-state index in [1.165, 1.54) is 0 Å².